The van der Waals surface area contributed by atoms with Crippen molar-refractivity contribution in [3.05, 3.63) is 53.1 Å². The van der Waals surface area contributed by atoms with Crippen molar-refractivity contribution in [3.8, 4) is 29.4 Å². The van der Waals surface area contributed by atoms with Gasteiger partial charge in [0, 0.05) is 0 Å². The SMILES string of the molecule is CCCCCCCCOc1ccc(OC(=O)c2ccc(OCC(F)(F)C(F)(F)C(F)(F)C(F)(F)C(F)(F)F)cc2)c(C#N)c1C#N. The lowest BCUT2D eigenvalue weighted by molar-refractivity contribution is -0.423. The molecule has 2 aromatic carbocycles. The van der Waals surface area contributed by atoms with Gasteiger partial charge in [0.1, 0.15) is 34.8 Å². The van der Waals surface area contributed by atoms with Crippen LogP contribution < -0.4 is 14.2 Å². The van der Waals surface area contributed by atoms with E-state index in [0.29, 0.717) is 18.6 Å². The fourth-order valence-electron chi connectivity index (χ4n) is 3.77. The summed E-state index contributed by atoms with van der Waals surface area (Å²) in [5.41, 5.74) is -0.947. The molecule has 0 atom stereocenters. The Morgan fingerprint density at radius 2 is 1.20 bits per heavy atom. The number of rotatable bonds is 16. The van der Waals surface area contributed by atoms with Crippen molar-refractivity contribution in [2.75, 3.05) is 13.2 Å². The van der Waals surface area contributed by atoms with Crippen molar-refractivity contribution in [1.82, 2.24) is 0 Å². The van der Waals surface area contributed by atoms with Crippen LogP contribution in [0.1, 0.15) is 66.9 Å². The molecule has 0 aliphatic rings. The van der Waals surface area contributed by atoms with Crippen molar-refractivity contribution >= 4 is 5.97 Å². The van der Waals surface area contributed by atoms with Crippen molar-refractivity contribution < 1.29 is 67.3 Å². The van der Waals surface area contributed by atoms with Gasteiger partial charge in [-0.3, -0.25) is 0 Å². The second kappa shape index (κ2) is 14.9. The van der Waals surface area contributed by atoms with E-state index >= 15 is 0 Å². The first-order chi connectivity index (χ1) is 21.3. The van der Waals surface area contributed by atoms with E-state index in [1.165, 1.54) is 12.1 Å². The highest BCUT2D eigenvalue weighted by Gasteiger charge is 2.87. The van der Waals surface area contributed by atoms with Crippen LogP contribution in [0.15, 0.2) is 36.4 Å². The fourth-order valence-corrected chi connectivity index (χ4v) is 3.77. The van der Waals surface area contributed by atoms with Gasteiger partial charge >= 0.3 is 35.8 Å². The summed E-state index contributed by atoms with van der Waals surface area (Å²) in [7, 11) is 0. The lowest BCUT2D eigenvalue weighted by atomic mass is 9.98. The van der Waals surface area contributed by atoms with Crippen molar-refractivity contribution in [2.45, 2.75) is 75.3 Å². The van der Waals surface area contributed by atoms with Crippen LogP contribution in [0.3, 0.4) is 0 Å². The van der Waals surface area contributed by atoms with Gasteiger partial charge in [-0.15, -0.1) is 0 Å². The molecule has 0 radical (unpaired) electrons. The molecule has 0 heterocycles. The topological polar surface area (TPSA) is 92.3 Å². The molecule has 46 heavy (non-hydrogen) atoms. The summed E-state index contributed by atoms with van der Waals surface area (Å²) < 4.78 is 159. The van der Waals surface area contributed by atoms with Crippen LogP contribution in [-0.2, 0) is 0 Å². The van der Waals surface area contributed by atoms with E-state index in [-0.39, 0.29) is 34.8 Å². The Labute approximate surface area is 255 Å². The molecule has 0 aliphatic heterocycles. The average molecular weight is 675 g/mol. The van der Waals surface area contributed by atoms with Gasteiger partial charge < -0.3 is 14.2 Å². The maximum Gasteiger partial charge on any atom is 0.460 e. The van der Waals surface area contributed by atoms with Crippen molar-refractivity contribution in [3.63, 3.8) is 0 Å². The first kappa shape index (κ1) is 37.9. The second-order valence-electron chi connectivity index (χ2n) is 9.78. The number of alkyl halides is 11. The molecular weight excluding hydrogens is 649 g/mol. The standard InChI is InChI=1S/C29H25F11N2O4/c1-2-3-4-5-6-7-14-44-22-12-13-23(21(16-42)20(22)15-41)46-24(43)18-8-10-19(11-9-18)45-17-25(30,31)26(32,33)27(34,35)28(36,37)29(38,39)40/h8-13H,2-7,14,17H2,1H3. The Morgan fingerprint density at radius 1 is 0.674 bits per heavy atom. The van der Waals surface area contributed by atoms with Gasteiger partial charge in [0.25, 0.3) is 0 Å². The minimum Gasteiger partial charge on any atom is -0.492 e. The lowest BCUT2D eigenvalue weighted by Gasteiger charge is -2.37. The third-order valence-corrected chi connectivity index (χ3v) is 6.42. The molecule has 6 nitrogen and oxygen atoms in total. The molecular formula is C29H25F11N2O4. The molecule has 2 aromatic rings. The highest BCUT2D eigenvalue weighted by atomic mass is 19.4. The monoisotopic (exact) mass is 674 g/mol. The van der Waals surface area contributed by atoms with E-state index in [4.69, 9.17) is 9.47 Å². The molecule has 0 bridgehead atoms. The Morgan fingerprint density at radius 3 is 1.74 bits per heavy atom. The quantitative estimate of drug-likeness (QED) is 0.0765. The second-order valence-corrected chi connectivity index (χ2v) is 9.78. The normalized spacial score (nSPS) is 12.7. The molecule has 17 heteroatoms. The smallest absolute Gasteiger partial charge is 0.460 e. The lowest BCUT2D eigenvalue weighted by Crippen LogP contribution is -2.67. The number of hydrogen-bond donors (Lipinski definition) is 0. The van der Waals surface area contributed by atoms with E-state index in [2.05, 4.69) is 11.7 Å². The molecule has 0 aromatic heterocycles. The number of halogens is 11. The molecule has 0 saturated carbocycles. The number of carbonyl (C=O) groups is 1. The van der Waals surface area contributed by atoms with Crippen LogP contribution >= 0.6 is 0 Å². The highest BCUT2D eigenvalue weighted by Crippen LogP contribution is 2.57. The zero-order valence-corrected chi connectivity index (χ0v) is 23.8. The third kappa shape index (κ3) is 8.10. The molecule has 0 spiro atoms. The molecule has 0 saturated heterocycles. The largest absolute Gasteiger partial charge is 0.492 e. The van der Waals surface area contributed by atoms with Crippen LogP contribution in [0.25, 0.3) is 0 Å². The zero-order chi connectivity index (χ0) is 35.0. The molecule has 0 fully saturated rings. The van der Waals surface area contributed by atoms with Gasteiger partial charge in [-0.1, -0.05) is 39.0 Å². The van der Waals surface area contributed by atoms with Crippen LogP contribution in [0.2, 0.25) is 0 Å². The summed E-state index contributed by atoms with van der Waals surface area (Å²) >= 11 is 0. The van der Waals surface area contributed by atoms with E-state index < -0.39 is 48.2 Å². The summed E-state index contributed by atoms with van der Waals surface area (Å²) in [5, 5.41) is 19.1. The number of esters is 1. The number of benzene rings is 2. The predicted octanol–water partition coefficient (Wildman–Crippen LogP) is 8.87. The summed E-state index contributed by atoms with van der Waals surface area (Å²) in [5.74, 6) is -30.8. The number of hydrogen-bond acceptors (Lipinski definition) is 6. The summed E-state index contributed by atoms with van der Waals surface area (Å²) in [6.07, 6.45) is -1.44. The zero-order valence-electron chi connectivity index (χ0n) is 23.8. The van der Waals surface area contributed by atoms with Crippen LogP contribution in [-0.4, -0.2) is 49.0 Å². The molecule has 0 N–H and O–H groups in total. The molecule has 252 valence electrons. The number of nitrogens with zero attached hydrogens (tertiary/aromatic N) is 2. The summed E-state index contributed by atoms with van der Waals surface area (Å²) in [6, 6.07) is 8.91. The molecule has 0 aliphatic carbocycles. The first-order valence-corrected chi connectivity index (χ1v) is 13.4. The van der Waals surface area contributed by atoms with Crippen LogP contribution in [0.5, 0.6) is 17.2 Å². The molecule has 2 rings (SSSR count). The average Bonchev–Trinajstić information content (AvgIpc) is 2.99. The Hall–Kier alpha value is -4.28. The van der Waals surface area contributed by atoms with Gasteiger partial charge in [-0.25, -0.2) is 4.79 Å². The van der Waals surface area contributed by atoms with E-state index in [1.807, 2.05) is 0 Å². The minimum atomic E-state index is -7.56. The van der Waals surface area contributed by atoms with Crippen molar-refractivity contribution in [1.29, 1.82) is 10.5 Å². The van der Waals surface area contributed by atoms with Gasteiger partial charge in [0.05, 0.1) is 12.2 Å². The maximum absolute atomic E-state index is 13.9. The minimum absolute atomic E-state index is 0.0659. The van der Waals surface area contributed by atoms with Crippen molar-refractivity contribution in [2.24, 2.45) is 0 Å². The summed E-state index contributed by atoms with van der Waals surface area (Å²) in [4.78, 5) is 12.6. The number of carbonyl (C=O) groups excluding carboxylic acids is 1. The maximum atomic E-state index is 13.9. The predicted molar refractivity (Wildman–Crippen MR) is 137 cm³/mol. The first-order valence-electron chi connectivity index (χ1n) is 13.4. The van der Waals surface area contributed by atoms with Gasteiger partial charge in [0.2, 0.25) is 0 Å². The number of unbranched alkanes of at least 4 members (excludes halogenated alkanes) is 5. The Balaban J connectivity index is 2.11. The fraction of sp³-hybridized carbons (Fsp3) is 0.483. The number of ether oxygens (including phenoxy) is 3. The summed E-state index contributed by atoms with van der Waals surface area (Å²) in [6.45, 7) is -0.425. The van der Waals surface area contributed by atoms with E-state index in [9.17, 15) is 63.6 Å². The van der Waals surface area contributed by atoms with Gasteiger partial charge in [0.15, 0.2) is 12.4 Å². The molecule has 0 amide bonds. The van der Waals surface area contributed by atoms with E-state index in [0.717, 1.165) is 44.2 Å². The van der Waals surface area contributed by atoms with Gasteiger partial charge in [-0.2, -0.15) is 58.8 Å². The highest BCUT2D eigenvalue weighted by molar-refractivity contribution is 5.91. The Kier molecular flexibility index (Phi) is 12.3. The van der Waals surface area contributed by atoms with Crippen LogP contribution in [0, 0.1) is 22.7 Å². The Bertz CT molecular complexity index is 1430. The molecule has 0 unspecified atom stereocenters. The third-order valence-electron chi connectivity index (χ3n) is 6.42. The number of nitriles is 2. The van der Waals surface area contributed by atoms with E-state index in [1.54, 1.807) is 12.1 Å². The van der Waals surface area contributed by atoms with Gasteiger partial charge in [-0.05, 0) is 42.8 Å². The van der Waals surface area contributed by atoms with Crippen LogP contribution in [0.4, 0.5) is 48.3 Å².